The molecule has 0 amide bonds. The Kier molecular flexibility index (Phi) is 6.01. The van der Waals surface area contributed by atoms with Gasteiger partial charge >= 0.3 is 0 Å². The van der Waals surface area contributed by atoms with Gasteiger partial charge in [0.2, 0.25) is 0 Å². The van der Waals surface area contributed by atoms with Crippen LogP contribution in [0, 0.1) is 6.92 Å². The summed E-state index contributed by atoms with van der Waals surface area (Å²) in [5.41, 5.74) is 0.978. The predicted octanol–water partition coefficient (Wildman–Crippen LogP) is 1.08. The van der Waals surface area contributed by atoms with Crippen LogP contribution in [0.25, 0.3) is 0 Å². The Hall–Kier alpha value is -1.96. The van der Waals surface area contributed by atoms with Crippen LogP contribution in [0.1, 0.15) is 23.6 Å². The fourth-order valence-electron chi connectivity index (χ4n) is 3.09. The third-order valence-corrected chi connectivity index (χ3v) is 4.37. The highest BCUT2D eigenvalue weighted by Crippen LogP contribution is 2.18. The highest BCUT2D eigenvalue weighted by atomic mass is 16.5. The third kappa shape index (κ3) is 4.78. The van der Waals surface area contributed by atoms with Crippen molar-refractivity contribution in [3.63, 3.8) is 0 Å². The molecule has 1 aliphatic rings. The van der Waals surface area contributed by atoms with Crippen LogP contribution in [0.5, 0.6) is 5.75 Å². The summed E-state index contributed by atoms with van der Waals surface area (Å²) in [6.07, 6.45) is 1.37. The van der Waals surface area contributed by atoms with Crippen molar-refractivity contribution >= 4 is 0 Å². The molecule has 0 bridgehead atoms. The Labute approximate surface area is 148 Å². The number of benzene rings is 1. The summed E-state index contributed by atoms with van der Waals surface area (Å²) in [5, 5.41) is 17.9. The number of aliphatic hydroxyl groups is 1. The van der Waals surface area contributed by atoms with Crippen LogP contribution >= 0.6 is 0 Å². The zero-order valence-electron chi connectivity index (χ0n) is 14.8. The Morgan fingerprint density at radius 2 is 2.24 bits per heavy atom. The SMILES string of the molecule is COc1ccccc1COC[C@H](O)CN[C@H]1CCc2nc(C)nn2C1. The fraction of sp³-hybridized carbons (Fsp3) is 0.556. The minimum absolute atomic E-state index is 0.283. The van der Waals surface area contributed by atoms with E-state index >= 15 is 0 Å². The first-order valence-electron chi connectivity index (χ1n) is 8.67. The van der Waals surface area contributed by atoms with E-state index < -0.39 is 6.10 Å². The van der Waals surface area contributed by atoms with Gasteiger partial charge in [-0.2, -0.15) is 5.10 Å². The van der Waals surface area contributed by atoms with Crippen molar-refractivity contribution in [1.29, 1.82) is 0 Å². The van der Waals surface area contributed by atoms with Gasteiger partial charge in [0.15, 0.2) is 0 Å². The number of nitrogens with one attached hydrogen (secondary N) is 1. The van der Waals surface area contributed by atoms with E-state index in [1.54, 1.807) is 7.11 Å². The molecule has 3 rings (SSSR count). The highest BCUT2D eigenvalue weighted by Gasteiger charge is 2.21. The smallest absolute Gasteiger partial charge is 0.147 e. The molecular weight excluding hydrogens is 320 g/mol. The first-order valence-corrected chi connectivity index (χ1v) is 8.67. The summed E-state index contributed by atoms with van der Waals surface area (Å²) < 4.78 is 12.9. The van der Waals surface area contributed by atoms with Gasteiger partial charge in [-0.15, -0.1) is 0 Å². The van der Waals surface area contributed by atoms with E-state index in [1.807, 2.05) is 35.9 Å². The van der Waals surface area contributed by atoms with Crippen LogP contribution in [-0.4, -0.2) is 52.3 Å². The summed E-state index contributed by atoms with van der Waals surface area (Å²) in [6, 6.07) is 8.04. The van der Waals surface area contributed by atoms with Crippen LogP contribution in [0.3, 0.4) is 0 Å². The van der Waals surface area contributed by atoms with Crippen molar-refractivity contribution in [1.82, 2.24) is 20.1 Å². The molecule has 0 unspecified atom stereocenters. The largest absolute Gasteiger partial charge is 0.496 e. The second-order valence-electron chi connectivity index (χ2n) is 6.38. The maximum absolute atomic E-state index is 10.1. The molecular formula is C18H26N4O3. The first-order chi connectivity index (χ1) is 12.2. The second-order valence-corrected chi connectivity index (χ2v) is 6.38. The molecule has 1 aromatic heterocycles. The number of rotatable bonds is 8. The summed E-state index contributed by atoms with van der Waals surface area (Å²) in [6.45, 7) is 3.92. The Bertz CT molecular complexity index is 689. The lowest BCUT2D eigenvalue weighted by atomic mass is 10.1. The van der Waals surface area contributed by atoms with Crippen LogP contribution in [-0.2, 0) is 24.3 Å². The molecule has 2 heterocycles. The van der Waals surface area contributed by atoms with Gasteiger partial charge < -0.3 is 19.9 Å². The molecule has 2 aromatic rings. The van der Waals surface area contributed by atoms with E-state index in [9.17, 15) is 5.11 Å². The number of hydrogen-bond acceptors (Lipinski definition) is 6. The standard InChI is InChI=1S/C18H26N4O3/c1-13-20-18-8-7-15(10-22(18)21-13)19-9-16(23)12-25-11-14-5-3-4-6-17(14)24-2/h3-6,15-16,19,23H,7-12H2,1-2H3/t15-,16+/m0/s1. The van der Waals surface area contributed by atoms with Crippen LogP contribution in [0.2, 0.25) is 0 Å². The van der Waals surface area contributed by atoms with Crippen molar-refractivity contribution in [2.75, 3.05) is 20.3 Å². The molecule has 136 valence electrons. The van der Waals surface area contributed by atoms with Crippen LogP contribution < -0.4 is 10.1 Å². The third-order valence-electron chi connectivity index (χ3n) is 4.37. The zero-order chi connectivity index (χ0) is 17.6. The van der Waals surface area contributed by atoms with E-state index in [2.05, 4.69) is 15.4 Å². The summed E-state index contributed by atoms with van der Waals surface area (Å²) in [5.74, 6) is 2.67. The maximum atomic E-state index is 10.1. The highest BCUT2D eigenvalue weighted by molar-refractivity contribution is 5.32. The number of aromatic nitrogens is 3. The van der Waals surface area contributed by atoms with E-state index in [1.165, 1.54) is 0 Å². The summed E-state index contributed by atoms with van der Waals surface area (Å²) in [7, 11) is 1.64. The molecule has 0 saturated heterocycles. The lowest BCUT2D eigenvalue weighted by Crippen LogP contribution is -2.42. The minimum Gasteiger partial charge on any atom is -0.496 e. The molecule has 7 heteroatoms. The number of fused-ring (bicyclic) bond motifs is 1. The summed E-state index contributed by atoms with van der Waals surface area (Å²) in [4.78, 5) is 4.41. The Morgan fingerprint density at radius 3 is 3.08 bits per heavy atom. The lowest BCUT2D eigenvalue weighted by molar-refractivity contribution is 0.0263. The van der Waals surface area contributed by atoms with Crippen molar-refractivity contribution < 1.29 is 14.6 Å². The number of aryl methyl sites for hydroxylation is 2. The van der Waals surface area contributed by atoms with Crippen LogP contribution in [0.4, 0.5) is 0 Å². The van der Waals surface area contributed by atoms with Gasteiger partial charge in [0.05, 0.1) is 33.0 Å². The van der Waals surface area contributed by atoms with Crippen LogP contribution in [0.15, 0.2) is 24.3 Å². The van der Waals surface area contributed by atoms with Gasteiger partial charge in [0, 0.05) is 24.6 Å². The molecule has 2 N–H and O–H groups in total. The molecule has 25 heavy (non-hydrogen) atoms. The average Bonchev–Trinajstić information content (AvgIpc) is 2.99. The molecule has 0 aliphatic carbocycles. The fourth-order valence-corrected chi connectivity index (χ4v) is 3.09. The number of para-hydroxylation sites is 1. The molecule has 1 aliphatic heterocycles. The van der Waals surface area contributed by atoms with Gasteiger partial charge in [0.1, 0.15) is 17.4 Å². The maximum Gasteiger partial charge on any atom is 0.147 e. The molecule has 7 nitrogen and oxygen atoms in total. The van der Waals surface area contributed by atoms with E-state index in [0.717, 1.165) is 42.3 Å². The molecule has 0 fully saturated rings. The van der Waals surface area contributed by atoms with Crippen molar-refractivity contribution in [3.05, 3.63) is 41.5 Å². The second kappa shape index (κ2) is 8.42. The number of hydrogen-bond donors (Lipinski definition) is 2. The van der Waals surface area contributed by atoms with Crippen molar-refractivity contribution in [2.45, 2.75) is 45.1 Å². The first kappa shape index (κ1) is 17.8. The predicted molar refractivity (Wildman–Crippen MR) is 93.5 cm³/mol. The minimum atomic E-state index is -0.548. The van der Waals surface area contributed by atoms with Gasteiger partial charge in [-0.3, -0.25) is 0 Å². The molecule has 0 spiro atoms. The average molecular weight is 346 g/mol. The van der Waals surface area contributed by atoms with E-state index in [0.29, 0.717) is 19.2 Å². The van der Waals surface area contributed by atoms with Crippen molar-refractivity contribution in [3.8, 4) is 5.75 Å². The van der Waals surface area contributed by atoms with Gasteiger partial charge in [-0.1, -0.05) is 18.2 Å². The Morgan fingerprint density at radius 1 is 1.40 bits per heavy atom. The zero-order valence-corrected chi connectivity index (χ0v) is 14.8. The van der Waals surface area contributed by atoms with E-state index in [4.69, 9.17) is 9.47 Å². The normalized spacial score (nSPS) is 18.0. The molecule has 0 radical (unpaired) electrons. The van der Waals surface area contributed by atoms with E-state index in [-0.39, 0.29) is 6.61 Å². The number of methoxy groups -OCH3 is 1. The topological polar surface area (TPSA) is 81.4 Å². The Balaban J connectivity index is 1.38. The quantitative estimate of drug-likeness (QED) is 0.744. The van der Waals surface area contributed by atoms with Gasteiger partial charge in [-0.05, 0) is 19.4 Å². The number of aliphatic hydroxyl groups excluding tert-OH is 1. The lowest BCUT2D eigenvalue weighted by Gasteiger charge is -2.24. The molecule has 1 aromatic carbocycles. The van der Waals surface area contributed by atoms with Crippen molar-refractivity contribution in [2.24, 2.45) is 0 Å². The molecule has 0 saturated carbocycles. The van der Waals surface area contributed by atoms with Gasteiger partial charge in [0.25, 0.3) is 0 Å². The van der Waals surface area contributed by atoms with Gasteiger partial charge in [-0.25, -0.2) is 9.67 Å². The molecule has 2 atom stereocenters. The number of ether oxygens (including phenoxy) is 2. The number of nitrogens with zero attached hydrogens (tertiary/aromatic N) is 3. The summed E-state index contributed by atoms with van der Waals surface area (Å²) >= 11 is 0. The monoisotopic (exact) mass is 346 g/mol.